The highest BCUT2D eigenvalue weighted by molar-refractivity contribution is 7.29. The molecule has 5 aromatic rings. The van der Waals surface area contributed by atoms with Gasteiger partial charge in [0, 0.05) is 38.4 Å². The van der Waals surface area contributed by atoms with E-state index in [9.17, 15) is 4.79 Å². The standard InChI is InChI=1S/C34H35NO2S2Si/c1-34(2,3)40(29-13-7-5-8-14-29,30-15-9-6-10-16-30)37-23-21-35(4)27-19-17-26(18-20-27)31-25-33-32(39-31)24-28(38-33)12-11-22-36/h5-20,22,24-25H,21,23H2,1-4H3/b12-11+. The van der Waals surface area contributed by atoms with Crippen LogP contribution in [-0.4, -0.2) is 34.8 Å². The van der Waals surface area contributed by atoms with E-state index >= 15 is 0 Å². The maximum absolute atomic E-state index is 10.6. The van der Waals surface area contributed by atoms with Crippen molar-refractivity contribution in [2.75, 3.05) is 25.1 Å². The summed E-state index contributed by atoms with van der Waals surface area (Å²) in [6.07, 6.45) is 4.23. The van der Waals surface area contributed by atoms with Crippen molar-refractivity contribution in [2.45, 2.75) is 25.8 Å². The monoisotopic (exact) mass is 581 g/mol. The molecule has 0 unspecified atom stereocenters. The molecule has 2 aromatic heterocycles. The second kappa shape index (κ2) is 12.1. The summed E-state index contributed by atoms with van der Waals surface area (Å²) < 4.78 is 9.60. The van der Waals surface area contributed by atoms with Crippen molar-refractivity contribution in [3.05, 3.63) is 108 Å². The highest BCUT2D eigenvalue weighted by atomic mass is 32.1. The van der Waals surface area contributed by atoms with Crippen molar-refractivity contribution in [1.29, 1.82) is 0 Å². The molecule has 0 saturated carbocycles. The molecule has 0 aliphatic heterocycles. The topological polar surface area (TPSA) is 29.5 Å². The molecule has 0 radical (unpaired) electrons. The molecule has 3 aromatic carbocycles. The van der Waals surface area contributed by atoms with Gasteiger partial charge < -0.3 is 9.33 Å². The van der Waals surface area contributed by atoms with Crippen LogP contribution in [0.3, 0.4) is 0 Å². The van der Waals surface area contributed by atoms with Gasteiger partial charge in [-0.25, -0.2) is 0 Å². The van der Waals surface area contributed by atoms with Crippen LogP contribution in [0.15, 0.2) is 103 Å². The third kappa shape index (κ3) is 5.76. The molecular formula is C34H35NO2S2Si. The molecule has 204 valence electrons. The Morgan fingerprint density at radius 3 is 1.98 bits per heavy atom. The third-order valence-corrected chi connectivity index (χ3v) is 14.7. The number of nitrogens with zero attached hydrogens (tertiary/aromatic N) is 1. The molecule has 0 aliphatic carbocycles. The average Bonchev–Trinajstić information content (AvgIpc) is 3.54. The maximum Gasteiger partial charge on any atom is 0.261 e. The van der Waals surface area contributed by atoms with Gasteiger partial charge in [-0.15, -0.1) is 22.7 Å². The van der Waals surface area contributed by atoms with Crippen molar-refractivity contribution in [1.82, 2.24) is 0 Å². The van der Waals surface area contributed by atoms with Gasteiger partial charge >= 0.3 is 0 Å². The smallest absolute Gasteiger partial charge is 0.261 e. The molecule has 5 rings (SSSR count). The zero-order chi connectivity index (χ0) is 28.2. The van der Waals surface area contributed by atoms with Crippen LogP contribution in [-0.2, 0) is 9.22 Å². The molecule has 0 N–H and O–H groups in total. The second-order valence-corrected chi connectivity index (χ2v) is 17.5. The van der Waals surface area contributed by atoms with E-state index in [0.29, 0.717) is 6.61 Å². The molecule has 6 heteroatoms. The van der Waals surface area contributed by atoms with Gasteiger partial charge in [0.2, 0.25) is 0 Å². The number of anilines is 1. The normalized spacial score (nSPS) is 12.3. The van der Waals surface area contributed by atoms with Crippen LogP contribution >= 0.6 is 22.7 Å². The third-order valence-electron chi connectivity index (χ3n) is 7.32. The highest BCUT2D eigenvalue weighted by Crippen LogP contribution is 2.39. The quantitative estimate of drug-likeness (QED) is 0.0955. The zero-order valence-corrected chi connectivity index (χ0v) is 26.1. The lowest BCUT2D eigenvalue weighted by Crippen LogP contribution is -2.67. The summed E-state index contributed by atoms with van der Waals surface area (Å²) in [7, 11) is -0.399. The van der Waals surface area contributed by atoms with E-state index in [4.69, 9.17) is 4.43 Å². The van der Waals surface area contributed by atoms with Crippen molar-refractivity contribution in [3.8, 4) is 10.4 Å². The summed E-state index contributed by atoms with van der Waals surface area (Å²) in [5, 5.41) is 2.59. The Hall–Kier alpha value is -3.29. The van der Waals surface area contributed by atoms with Crippen LogP contribution < -0.4 is 15.3 Å². The summed E-state index contributed by atoms with van der Waals surface area (Å²) in [4.78, 5) is 15.3. The largest absolute Gasteiger partial charge is 0.406 e. The van der Waals surface area contributed by atoms with E-state index in [-0.39, 0.29) is 5.04 Å². The minimum atomic E-state index is -2.54. The molecular weight excluding hydrogens is 547 g/mol. The van der Waals surface area contributed by atoms with Crippen molar-refractivity contribution in [3.63, 3.8) is 0 Å². The van der Waals surface area contributed by atoms with Gasteiger partial charge in [-0.2, -0.15) is 0 Å². The molecule has 0 amide bonds. The van der Waals surface area contributed by atoms with Gasteiger partial charge in [0.25, 0.3) is 8.32 Å². The van der Waals surface area contributed by atoms with E-state index < -0.39 is 8.32 Å². The maximum atomic E-state index is 10.6. The summed E-state index contributed by atoms with van der Waals surface area (Å²) in [6, 6.07) is 34.9. The number of carbonyl (C=O) groups is 1. The van der Waals surface area contributed by atoms with E-state index in [2.05, 4.69) is 130 Å². The van der Waals surface area contributed by atoms with Crippen LogP contribution in [0.5, 0.6) is 0 Å². The number of likely N-dealkylation sites (N-methyl/N-ethyl adjacent to an activating group) is 1. The molecule has 0 saturated heterocycles. The van der Waals surface area contributed by atoms with E-state index in [1.54, 1.807) is 28.7 Å². The average molecular weight is 582 g/mol. The van der Waals surface area contributed by atoms with E-state index in [0.717, 1.165) is 17.7 Å². The lowest BCUT2D eigenvalue weighted by molar-refractivity contribution is -0.104. The van der Waals surface area contributed by atoms with Gasteiger partial charge in [0.1, 0.15) is 6.29 Å². The first-order valence-corrected chi connectivity index (χ1v) is 17.1. The Morgan fingerprint density at radius 2 is 1.43 bits per heavy atom. The second-order valence-electron chi connectivity index (χ2n) is 11.0. The van der Waals surface area contributed by atoms with Crippen molar-refractivity contribution in [2.24, 2.45) is 0 Å². The number of hydrogen-bond acceptors (Lipinski definition) is 5. The molecule has 0 atom stereocenters. The first-order chi connectivity index (χ1) is 19.3. The summed E-state index contributed by atoms with van der Waals surface area (Å²) in [6.45, 7) is 8.40. The first-order valence-electron chi connectivity index (χ1n) is 13.5. The number of fused-ring (bicyclic) bond motifs is 1. The fraction of sp³-hybridized carbons (Fsp3) is 0.206. The summed E-state index contributed by atoms with van der Waals surface area (Å²) >= 11 is 3.51. The Bertz CT molecular complexity index is 1510. The summed E-state index contributed by atoms with van der Waals surface area (Å²) in [5.41, 5.74) is 2.40. The fourth-order valence-corrected chi connectivity index (χ4v) is 12.2. The van der Waals surface area contributed by atoms with Crippen LogP contribution in [0.2, 0.25) is 5.04 Å². The lowest BCUT2D eigenvalue weighted by Gasteiger charge is -2.43. The Balaban J connectivity index is 1.31. The van der Waals surface area contributed by atoms with E-state index in [1.807, 2.05) is 6.08 Å². The van der Waals surface area contributed by atoms with Gasteiger partial charge in [-0.1, -0.05) is 93.6 Å². The SMILES string of the molecule is CN(CCO[Si](c1ccccc1)(c1ccccc1)C(C)(C)C)c1ccc(-c2cc3sc(/C=C/C=O)cc3s2)cc1. The first kappa shape index (κ1) is 28.2. The van der Waals surface area contributed by atoms with Gasteiger partial charge in [0.15, 0.2) is 0 Å². The molecule has 40 heavy (non-hydrogen) atoms. The minimum Gasteiger partial charge on any atom is -0.406 e. The van der Waals surface area contributed by atoms with Crippen LogP contribution in [0, 0.1) is 0 Å². The predicted molar refractivity (Wildman–Crippen MR) is 177 cm³/mol. The highest BCUT2D eigenvalue weighted by Gasteiger charge is 2.50. The van der Waals surface area contributed by atoms with Crippen LogP contribution in [0.25, 0.3) is 25.9 Å². The number of benzene rings is 3. The summed E-state index contributed by atoms with van der Waals surface area (Å²) in [5.74, 6) is 0. The number of rotatable bonds is 10. The molecule has 3 nitrogen and oxygen atoms in total. The number of carbonyl (C=O) groups excluding carboxylic acids is 1. The number of allylic oxidation sites excluding steroid dienone is 1. The van der Waals surface area contributed by atoms with Crippen molar-refractivity contribution < 1.29 is 9.22 Å². The molecule has 0 aliphatic rings. The Labute approximate surface area is 246 Å². The molecule has 0 spiro atoms. The molecule has 0 fully saturated rings. The number of thiophene rings is 2. The molecule has 2 heterocycles. The lowest BCUT2D eigenvalue weighted by atomic mass is 10.1. The molecule has 0 bridgehead atoms. The van der Waals surface area contributed by atoms with Crippen LogP contribution in [0.1, 0.15) is 25.6 Å². The number of hydrogen-bond donors (Lipinski definition) is 0. The van der Waals surface area contributed by atoms with Gasteiger partial charge in [-0.3, -0.25) is 4.79 Å². The minimum absolute atomic E-state index is 0.0318. The fourth-order valence-electron chi connectivity index (χ4n) is 5.32. The predicted octanol–water partition coefficient (Wildman–Crippen LogP) is 7.85. The van der Waals surface area contributed by atoms with Crippen molar-refractivity contribution >= 4 is 68.8 Å². The Morgan fingerprint density at radius 1 is 0.825 bits per heavy atom. The number of aldehydes is 1. The van der Waals surface area contributed by atoms with E-state index in [1.165, 1.54) is 35.9 Å². The Kier molecular flexibility index (Phi) is 8.52. The van der Waals surface area contributed by atoms with Gasteiger partial charge in [0.05, 0.1) is 6.61 Å². The van der Waals surface area contributed by atoms with Crippen LogP contribution in [0.4, 0.5) is 5.69 Å². The zero-order valence-electron chi connectivity index (χ0n) is 23.5. The van der Waals surface area contributed by atoms with Gasteiger partial charge in [-0.05, 0) is 57.4 Å².